The average Bonchev–Trinajstić information content (AvgIpc) is 3.24. The minimum atomic E-state index is -3.74. The van der Waals surface area contributed by atoms with Crippen molar-refractivity contribution in [1.82, 2.24) is 9.78 Å². The molecule has 0 radical (unpaired) electrons. The van der Waals surface area contributed by atoms with Crippen molar-refractivity contribution in [3.8, 4) is 10.6 Å². The van der Waals surface area contributed by atoms with E-state index >= 15 is 0 Å². The summed E-state index contributed by atoms with van der Waals surface area (Å²) < 4.78 is 30.3. The van der Waals surface area contributed by atoms with Gasteiger partial charge >= 0.3 is 0 Å². The van der Waals surface area contributed by atoms with Crippen LogP contribution in [0.4, 0.5) is 5.69 Å². The highest BCUT2D eigenvalue weighted by molar-refractivity contribution is 7.98. The molecule has 132 valence electrons. The number of anilines is 1. The molecule has 1 aromatic carbocycles. The van der Waals surface area contributed by atoms with E-state index in [4.69, 9.17) is 0 Å². The van der Waals surface area contributed by atoms with Crippen LogP contribution >= 0.6 is 23.1 Å². The number of hydrogen-bond acceptors (Lipinski definition) is 5. The summed E-state index contributed by atoms with van der Waals surface area (Å²) in [5, 5.41) is 6.41. The van der Waals surface area contributed by atoms with E-state index in [9.17, 15) is 8.42 Å². The Bertz CT molecular complexity index is 961. The number of rotatable bonds is 6. The molecular formula is C17H19N3O2S3. The SMILES string of the molecule is CSc1cccc(NS(=O)(=O)c2cn(C(C)C)nc2-c2cccs2)c1. The van der Waals surface area contributed by atoms with E-state index in [0.717, 1.165) is 9.77 Å². The minimum Gasteiger partial charge on any atom is -0.279 e. The summed E-state index contributed by atoms with van der Waals surface area (Å²) in [6, 6.07) is 11.2. The summed E-state index contributed by atoms with van der Waals surface area (Å²) in [6.07, 6.45) is 3.55. The molecule has 25 heavy (non-hydrogen) atoms. The molecule has 0 unspecified atom stereocenters. The van der Waals surface area contributed by atoms with Crippen LogP contribution in [0.5, 0.6) is 0 Å². The predicted octanol–water partition coefficient (Wildman–Crippen LogP) is 4.72. The fourth-order valence-electron chi connectivity index (χ4n) is 2.32. The number of nitrogens with zero attached hydrogens (tertiary/aromatic N) is 2. The van der Waals surface area contributed by atoms with Gasteiger partial charge in [-0.05, 0) is 49.7 Å². The molecule has 0 atom stereocenters. The van der Waals surface area contributed by atoms with Crippen molar-refractivity contribution in [2.24, 2.45) is 0 Å². The van der Waals surface area contributed by atoms with Crippen LogP contribution in [-0.4, -0.2) is 24.5 Å². The first-order valence-electron chi connectivity index (χ1n) is 7.70. The molecule has 0 aliphatic heterocycles. The lowest BCUT2D eigenvalue weighted by Crippen LogP contribution is -2.13. The molecule has 2 heterocycles. The van der Waals surface area contributed by atoms with E-state index < -0.39 is 10.0 Å². The second-order valence-electron chi connectivity index (χ2n) is 5.73. The Balaban J connectivity index is 2.04. The molecule has 0 spiro atoms. The Labute approximate surface area is 156 Å². The highest BCUT2D eigenvalue weighted by Gasteiger charge is 2.25. The normalized spacial score (nSPS) is 11.8. The van der Waals surface area contributed by atoms with Gasteiger partial charge in [-0.1, -0.05) is 12.1 Å². The van der Waals surface area contributed by atoms with Crippen molar-refractivity contribution < 1.29 is 8.42 Å². The van der Waals surface area contributed by atoms with E-state index in [0.29, 0.717) is 11.4 Å². The van der Waals surface area contributed by atoms with Gasteiger partial charge in [0.2, 0.25) is 0 Å². The summed E-state index contributed by atoms with van der Waals surface area (Å²) >= 11 is 3.04. The van der Waals surface area contributed by atoms with Crippen molar-refractivity contribution in [3.63, 3.8) is 0 Å². The maximum Gasteiger partial charge on any atom is 0.265 e. The second-order valence-corrected chi connectivity index (χ2v) is 9.21. The Morgan fingerprint density at radius 3 is 2.68 bits per heavy atom. The Morgan fingerprint density at radius 2 is 2.04 bits per heavy atom. The number of thiophene rings is 1. The first-order chi connectivity index (χ1) is 11.9. The van der Waals surface area contributed by atoms with Crippen LogP contribution < -0.4 is 4.72 Å². The van der Waals surface area contributed by atoms with Gasteiger partial charge in [-0.3, -0.25) is 9.40 Å². The summed E-state index contributed by atoms with van der Waals surface area (Å²) in [4.78, 5) is 2.02. The number of benzene rings is 1. The fourth-order valence-corrected chi connectivity index (χ4v) is 4.76. The van der Waals surface area contributed by atoms with Crippen LogP contribution in [0, 0.1) is 0 Å². The van der Waals surface area contributed by atoms with Gasteiger partial charge in [-0.2, -0.15) is 5.10 Å². The highest BCUT2D eigenvalue weighted by atomic mass is 32.2. The molecule has 8 heteroatoms. The monoisotopic (exact) mass is 393 g/mol. The van der Waals surface area contributed by atoms with E-state index in [1.54, 1.807) is 28.7 Å². The summed E-state index contributed by atoms with van der Waals surface area (Å²) in [7, 11) is -3.74. The molecule has 0 saturated heterocycles. The molecule has 0 bridgehead atoms. The Hall–Kier alpha value is -1.77. The van der Waals surface area contributed by atoms with E-state index in [2.05, 4.69) is 9.82 Å². The Kier molecular flexibility index (Phi) is 5.21. The van der Waals surface area contributed by atoms with E-state index in [-0.39, 0.29) is 10.9 Å². The minimum absolute atomic E-state index is 0.0717. The quantitative estimate of drug-likeness (QED) is 0.616. The van der Waals surface area contributed by atoms with Crippen molar-refractivity contribution in [2.45, 2.75) is 29.7 Å². The maximum atomic E-state index is 13.0. The van der Waals surface area contributed by atoms with Gasteiger partial charge < -0.3 is 0 Å². The first kappa shape index (κ1) is 18.0. The molecule has 3 rings (SSSR count). The fraction of sp³-hybridized carbons (Fsp3) is 0.235. The highest BCUT2D eigenvalue weighted by Crippen LogP contribution is 2.32. The number of nitrogens with one attached hydrogen (secondary N) is 1. The van der Waals surface area contributed by atoms with Gasteiger partial charge in [0.1, 0.15) is 10.6 Å². The largest absolute Gasteiger partial charge is 0.279 e. The van der Waals surface area contributed by atoms with Crippen LogP contribution in [0.1, 0.15) is 19.9 Å². The van der Waals surface area contributed by atoms with Crippen molar-refractivity contribution >= 4 is 38.8 Å². The van der Waals surface area contributed by atoms with Gasteiger partial charge in [-0.15, -0.1) is 23.1 Å². The first-order valence-corrected chi connectivity index (χ1v) is 11.3. The topological polar surface area (TPSA) is 64.0 Å². The molecular weight excluding hydrogens is 374 g/mol. The van der Waals surface area contributed by atoms with Crippen LogP contribution in [-0.2, 0) is 10.0 Å². The molecule has 0 saturated carbocycles. The smallest absolute Gasteiger partial charge is 0.265 e. The van der Waals surface area contributed by atoms with Crippen molar-refractivity contribution in [2.75, 3.05) is 11.0 Å². The molecule has 0 fully saturated rings. The molecule has 3 aromatic rings. The van der Waals surface area contributed by atoms with E-state index in [1.165, 1.54) is 11.3 Å². The number of hydrogen-bond donors (Lipinski definition) is 1. The van der Waals surface area contributed by atoms with Crippen molar-refractivity contribution in [3.05, 3.63) is 48.0 Å². The standard InChI is InChI=1S/C17H19N3O2S3/c1-12(2)20-11-16(17(18-20)15-8-5-9-24-15)25(21,22)19-13-6-4-7-14(10-13)23-3/h4-12,19H,1-3H3. The molecule has 0 amide bonds. The van der Waals surface area contributed by atoms with Crippen LogP contribution in [0.3, 0.4) is 0 Å². The van der Waals surface area contributed by atoms with Crippen LogP contribution in [0.15, 0.2) is 57.8 Å². The van der Waals surface area contributed by atoms with E-state index in [1.807, 2.05) is 55.8 Å². The summed E-state index contributed by atoms with van der Waals surface area (Å²) in [5.74, 6) is 0. The predicted molar refractivity (Wildman–Crippen MR) is 105 cm³/mol. The second kappa shape index (κ2) is 7.23. The number of sulfonamides is 1. The van der Waals surface area contributed by atoms with Crippen LogP contribution in [0.25, 0.3) is 10.6 Å². The lowest BCUT2D eigenvalue weighted by Gasteiger charge is -2.08. The summed E-state index contributed by atoms with van der Waals surface area (Å²) in [5.41, 5.74) is 1.03. The lowest BCUT2D eigenvalue weighted by molar-refractivity contribution is 0.532. The number of thioether (sulfide) groups is 1. The lowest BCUT2D eigenvalue weighted by atomic mass is 10.3. The molecule has 1 N–H and O–H groups in total. The molecule has 0 aliphatic carbocycles. The van der Waals surface area contributed by atoms with Gasteiger partial charge in [-0.25, -0.2) is 8.42 Å². The van der Waals surface area contributed by atoms with Crippen molar-refractivity contribution in [1.29, 1.82) is 0 Å². The molecule has 5 nitrogen and oxygen atoms in total. The number of aromatic nitrogens is 2. The van der Waals surface area contributed by atoms with Gasteiger partial charge in [0.15, 0.2) is 0 Å². The third-order valence-electron chi connectivity index (χ3n) is 3.59. The summed E-state index contributed by atoms with van der Waals surface area (Å²) in [6.45, 7) is 3.94. The maximum absolute atomic E-state index is 13.0. The average molecular weight is 394 g/mol. The zero-order valence-corrected chi connectivity index (χ0v) is 16.6. The molecule has 0 aliphatic rings. The third kappa shape index (κ3) is 3.91. The Morgan fingerprint density at radius 1 is 1.24 bits per heavy atom. The van der Waals surface area contributed by atoms with Gasteiger partial charge in [0.25, 0.3) is 10.0 Å². The van der Waals surface area contributed by atoms with Gasteiger partial charge in [0, 0.05) is 22.8 Å². The van der Waals surface area contributed by atoms with Gasteiger partial charge in [0.05, 0.1) is 4.88 Å². The van der Waals surface area contributed by atoms with Crippen LogP contribution in [0.2, 0.25) is 0 Å². The molecule has 2 aromatic heterocycles. The third-order valence-corrected chi connectivity index (χ3v) is 6.58. The zero-order valence-electron chi connectivity index (χ0n) is 14.1. The zero-order chi connectivity index (χ0) is 18.0.